The predicted octanol–water partition coefficient (Wildman–Crippen LogP) is 3.59. The maximum absolute atomic E-state index is 13.4. The molecule has 0 radical (unpaired) electrons. The van der Waals surface area contributed by atoms with Crippen LogP contribution >= 0.6 is 0 Å². The third-order valence-electron chi connectivity index (χ3n) is 5.62. The van der Waals surface area contributed by atoms with E-state index in [0.717, 1.165) is 25.1 Å². The molecule has 2 unspecified atom stereocenters. The fourth-order valence-electron chi connectivity index (χ4n) is 4.14. The van der Waals surface area contributed by atoms with Crippen molar-refractivity contribution in [3.8, 4) is 5.75 Å². The van der Waals surface area contributed by atoms with Gasteiger partial charge in [-0.1, -0.05) is 32.0 Å². The summed E-state index contributed by atoms with van der Waals surface area (Å²) >= 11 is 0. The highest BCUT2D eigenvalue weighted by Gasteiger charge is 2.34. The molecular formula is C24H33N3O4S. The highest BCUT2D eigenvalue weighted by Crippen LogP contribution is 2.32. The van der Waals surface area contributed by atoms with E-state index in [1.807, 2.05) is 30.3 Å². The van der Waals surface area contributed by atoms with Crippen molar-refractivity contribution in [2.75, 3.05) is 38.6 Å². The van der Waals surface area contributed by atoms with Crippen LogP contribution in [-0.2, 0) is 10.0 Å². The van der Waals surface area contributed by atoms with Crippen LogP contribution in [0.1, 0.15) is 37.0 Å². The Labute approximate surface area is 191 Å². The van der Waals surface area contributed by atoms with E-state index < -0.39 is 10.0 Å². The molecule has 2 atom stereocenters. The molecule has 1 aliphatic heterocycles. The molecule has 0 bridgehead atoms. The van der Waals surface area contributed by atoms with E-state index in [1.165, 1.54) is 17.5 Å². The predicted molar refractivity (Wildman–Crippen MR) is 127 cm³/mol. The van der Waals surface area contributed by atoms with Gasteiger partial charge >= 0.3 is 0 Å². The minimum atomic E-state index is -3.77. The van der Waals surface area contributed by atoms with E-state index in [4.69, 9.17) is 4.74 Å². The Morgan fingerprint density at radius 2 is 1.75 bits per heavy atom. The number of hydrogen-bond donors (Lipinski definition) is 2. The Bertz CT molecular complexity index is 1000. The number of amides is 1. The highest BCUT2D eigenvalue weighted by molar-refractivity contribution is 7.89. The first kappa shape index (κ1) is 24.1. The van der Waals surface area contributed by atoms with E-state index in [2.05, 4.69) is 24.5 Å². The maximum atomic E-state index is 13.4. The van der Waals surface area contributed by atoms with Crippen LogP contribution in [0.4, 0.5) is 5.69 Å². The lowest BCUT2D eigenvalue weighted by atomic mass is 9.94. The van der Waals surface area contributed by atoms with Crippen molar-refractivity contribution in [2.45, 2.75) is 31.6 Å². The van der Waals surface area contributed by atoms with E-state index in [9.17, 15) is 13.2 Å². The van der Waals surface area contributed by atoms with Crippen molar-refractivity contribution in [1.29, 1.82) is 0 Å². The summed E-state index contributed by atoms with van der Waals surface area (Å²) in [6, 6.07) is 14.4. The molecule has 0 aromatic heterocycles. The molecule has 2 N–H and O–H groups in total. The number of anilines is 1. The minimum Gasteiger partial charge on any atom is -0.495 e. The van der Waals surface area contributed by atoms with Gasteiger partial charge in [-0.25, -0.2) is 8.42 Å². The smallest absolute Gasteiger partial charge is 0.251 e. The van der Waals surface area contributed by atoms with Crippen LogP contribution in [0.3, 0.4) is 0 Å². The molecule has 2 aromatic rings. The summed E-state index contributed by atoms with van der Waals surface area (Å²) in [4.78, 5) is 12.7. The number of rotatable bonds is 9. The van der Waals surface area contributed by atoms with E-state index in [1.54, 1.807) is 12.1 Å². The summed E-state index contributed by atoms with van der Waals surface area (Å²) in [6.45, 7) is 6.27. The number of ether oxygens (including phenoxy) is 1. The van der Waals surface area contributed by atoms with Gasteiger partial charge in [-0.05, 0) is 55.0 Å². The van der Waals surface area contributed by atoms with Crippen LogP contribution in [0.2, 0.25) is 0 Å². The van der Waals surface area contributed by atoms with Crippen LogP contribution < -0.4 is 15.4 Å². The number of carbonyl (C=O) groups is 1. The average molecular weight is 460 g/mol. The molecule has 3 rings (SSSR count). The van der Waals surface area contributed by atoms with Crippen molar-refractivity contribution in [3.63, 3.8) is 0 Å². The van der Waals surface area contributed by atoms with Crippen LogP contribution in [0.5, 0.6) is 5.75 Å². The normalized spacial score (nSPS) is 19.3. The van der Waals surface area contributed by atoms with Gasteiger partial charge in [0.2, 0.25) is 10.0 Å². The van der Waals surface area contributed by atoms with Gasteiger partial charge in [-0.15, -0.1) is 0 Å². The van der Waals surface area contributed by atoms with Crippen molar-refractivity contribution in [3.05, 3.63) is 54.1 Å². The zero-order valence-corrected chi connectivity index (χ0v) is 19.8. The van der Waals surface area contributed by atoms with E-state index in [-0.39, 0.29) is 28.4 Å². The lowest BCUT2D eigenvalue weighted by molar-refractivity contribution is 0.0953. The quantitative estimate of drug-likeness (QED) is 0.560. The number of para-hydroxylation sites is 1. The molecule has 7 nitrogen and oxygen atoms in total. The number of methoxy groups -OCH3 is 1. The number of nitrogens with zero attached hydrogens (tertiary/aromatic N) is 1. The van der Waals surface area contributed by atoms with Crippen molar-refractivity contribution in [2.24, 2.45) is 11.8 Å². The number of nitrogens with one attached hydrogen (secondary N) is 2. The molecule has 1 heterocycles. The SMILES string of the molecule is COc1ccc(C(=O)NCCCNc2ccccc2)cc1S(=O)(=O)N1CC(C)CC(C)C1. The van der Waals surface area contributed by atoms with Gasteiger partial charge in [0.1, 0.15) is 10.6 Å². The fraction of sp³-hybridized carbons (Fsp3) is 0.458. The van der Waals surface area contributed by atoms with Crippen LogP contribution in [0, 0.1) is 11.8 Å². The molecular weight excluding hydrogens is 426 g/mol. The first-order chi connectivity index (χ1) is 15.3. The number of carbonyl (C=O) groups excluding carboxylic acids is 1. The Morgan fingerprint density at radius 1 is 1.06 bits per heavy atom. The Balaban J connectivity index is 1.65. The maximum Gasteiger partial charge on any atom is 0.251 e. The summed E-state index contributed by atoms with van der Waals surface area (Å²) < 4.78 is 33.6. The second-order valence-electron chi connectivity index (χ2n) is 8.54. The van der Waals surface area contributed by atoms with Gasteiger partial charge in [0.25, 0.3) is 5.91 Å². The van der Waals surface area contributed by atoms with Gasteiger partial charge < -0.3 is 15.4 Å². The Morgan fingerprint density at radius 3 is 2.41 bits per heavy atom. The first-order valence-corrected chi connectivity index (χ1v) is 12.5. The van der Waals surface area contributed by atoms with Gasteiger partial charge in [-0.3, -0.25) is 4.79 Å². The Hall–Kier alpha value is -2.58. The molecule has 0 saturated carbocycles. The second kappa shape index (κ2) is 10.8. The van der Waals surface area contributed by atoms with Gasteiger partial charge in [-0.2, -0.15) is 4.31 Å². The first-order valence-electron chi connectivity index (χ1n) is 11.1. The number of sulfonamides is 1. The monoisotopic (exact) mass is 459 g/mol. The van der Waals surface area contributed by atoms with Crippen LogP contribution in [0.25, 0.3) is 0 Å². The molecule has 1 saturated heterocycles. The van der Waals surface area contributed by atoms with E-state index in [0.29, 0.717) is 25.2 Å². The second-order valence-corrected chi connectivity index (χ2v) is 10.4. The highest BCUT2D eigenvalue weighted by atomic mass is 32.2. The topological polar surface area (TPSA) is 87.7 Å². The summed E-state index contributed by atoms with van der Waals surface area (Å²) in [7, 11) is -2.33. The lowest BCUT2D eigenvalue weighted by Gasteiger charge is -2.34. The number of benzene rings is 2. The van der Waals surface area contributed by atoms with Crippen molar-refractivity contribution in [1.82, 2.24) is 9.62 Å². The molecule has 1 fully saturated rings. The molecule has 2 aromatic carbocycles. The zero-order chi connectivity index (χ0) is 23.1. The number of hydrogen-bond acceptors (Lipinski definition) is 5. The molecule has 0 aliphatic carbocycles. The largest absolute Gasteiger partial charge is 0.495 e. The van der Waals surface area contributed by atoms with Gasteiger partial charge in [0.05, 0.1) is 7.11 Å². The number of piperidine rings is 1. The zero-order valence-electron chi connectivity index (χ0n) is 19.0. The molecule has 1 amide bonds. The van der Waals surface area contributed by atoms with Crippen LogP contribution in [-0.4, -0.2) is 51.9 Å². The standard InChI is InChI=1S/C24H33N3O4S/c1-18-14-19(2)17-27(16-18)32(29,30)23-15-20(10-11-22(23)31-3)24(28)26-13-7-12-25-21-8-5-4-6-9-21/h4-6,8-11,15,18-19,25H,7,12-14,16-17H2,1-3H3,(H,26,28). The fourth-order valence-corrected chi connectivity index (χ4v) is 6.00. The molecule has 8 heteroatoms. The van der Waals surface area contributed by atoms with Gasteiger partial charge in [0, 0.05) is 37.4 Å². The molecule has 1 aliphatic rings. The molecule has 0 spiro atoms. The van der Waals surface area contributed by atoms with E-state index >= 15 is 0 Å². The third kappa shape index (κ3) is 6.01. The van der Waals surface area contributed by atoms with Gasteiger partial charge in [0.15, 0.2) is 0 Å². The average Bonchev–Trinajstić information content (AvgIpc) is 2.78. The van der Waals surface area contributed by atoms with Crippen molar-refractivity contribution >= 4 is 21.6 Å². The summed E-state index contributed by atoms with van der Waals surface area (Å²) in [6.07, 6.45) is 1.75. The molecule has 32 heavy (non-hydrogen) atoms. The summed E-state index contributed by atoms with van der Waals surface area (Å²) in [5, 5.41) is 6.16. The third-order valence-corrected chi connectivity index (χ3v) is 7.47. The minimum absolute atomic E-state index is 0.0414. The Kier molecular flexibility index (Phi) is 8.15. The van der Waals surface area contributed by atoms with Crippen LogP contribution in [0.15, 0.2) is 53.4 Å². The van der Waals surface area contributed by atoms with Crippen molar-refractivity contribution < 1.29 is 17.9 Å². The summed E-state index contributed by atoms with van der Waals surface area (Å²) in [5.74, 6) is 0.523. The lowest BCUT2D eigenvalue weighted by Crippen LogP contribution is -2.42. The molecule has 174 valence electrons. The summed E-state index contributed by atoms with van der Waals surface area (Å²) in [5.41, 5.74) is 1.34.